The Hall–Kier alpha value is -1.20. The van der Waals surface area contributed by atoms with Gasteiger partial charge >= 0.3 is 0 Å². The van der Waals surface area contributed by atoms with Crippen LogP contribution in [-0.2, 0) is 30.2 Å². The molecule has 3 nitrogen and oxygen atoms in total. The Bertz CT molecular complexity index is 841. The van der Waals surface area contributed by atoms with Gasteiger partial charge in [-0.25, -0.2) is 8.51 Å². The van der Waals surface area contributed by atoms with Crippen LogP contribution in [0.2, 0.25) is 5.02 Å². The minimum atomic E-state index is -0.856. The van der Waals surface area contributed by atoms with E-state index in [1.54, 1.807) is 0 Å². The number of rotatable bonds is 9. The molecule has 2 aromatic carbocycles. The van der Waals surface area contributed by atoms with E-state index in [9.17, 15) is 4.21 Å². The number of benzene rings is 2. The smallest absolute Gasteiger partial charge is 0.0939 e. The Labute approximate surface area is 183 Å². The van der Waals surface area contributed by atoms with Gasteiger partial charge in [-0.2, -0.15) is 0 Å². The fraction of sp³-hybridized carbons (Fsp3) is 0.500. The van der Waals surface area contributed by atoms with Gasteiger partial charge in [0.25, 0.3) is 0 Å². The van der Waals surface area contributed by atoms with Crippen molar-refractivity contribution in [1.29, 1.82) is 0 Å². The van der Waals surface area contributed by atoms with Crippen molar-refractivity contribution in [3.05, 3.63) is 69.7 Å². The van der Waals surface area contributed by atoms with Crippen molar-refractivity contribution in [2.75, 3.05) is 19.3 Å². The van der Waals surface area contributed by atoms with Gasteiger partial charge in [0, 0.05) is 29.3 Å². The summed E-state index contributed by atoms with van der Waals surface area (Å²) in [5.74, 6) is 1.05. The number of aryl methyl sites for hydroxylation is 2. The van der Waals surface area contributed by atoms with Gasteiger partial charge in [0.15, 0.2) is 0 Å². The molecule has 2 N–H and O–H groups in total. The second kappa shape index (κ2) is 10.7. The molecule has 0 fully saturated rings. The Morgan fingerprint density at radius 3 is 2.79 bits per heavy atom. The molecule has 2 aromatic rings. The molecule has 0 bridgehead atoms. The first-order valence-electron chi connectivity index (χ1n) is 10.7. The molecule has 0 aromatic heterocycles. The number of nitrogens with two attached hydrogens (primary N) is 1. The maximum absolute atomic E-state index is 12.1. The Balaban J connectivity index is 1.70. The summed E-state index contributed by atoms with van der Waals surface area (Å²) in [6.45, 7) is 2.93. The highest BCUT2D eigenvalue weighted by molar-refractivity contribution is 7.82. The average molecular weight is 433 g/mol. The second-order valence-electron chi connectivity index (χ2n) is 8.12. The fourth-order valence-corrected chi connectivity index (χ4v) is 5.43. The van der Waals surface area contributed by atoms with Crippen LogP contribution in [-0.4, -0.2) is 33.9 Å². The average Bonchev–Trinajstić information content (AvgIpc) is 2.71. The van der Waals surface area contributed by atoms with E-state index >= 15 is 0 Å². The third-order valence-corrected chi connectivity index (χ3v) is 7.94. The minimum Gasteiger partial charge on any atom is -0.327 e. The summed E-state index contributed by atoms with van der Waals surface area (Å²) in [5.41, 5.74) is 11.9. The molecule has 0 spiro atoms. The van der Waals surface area contributed by atoms with Crippen LogP contribution < -0.4 is 5.73 Å². The first kappa shape index (κ1) is 22.5. The largest absolute Gasteiger partial charge is 0.327 e. The van der Waals surface area contributed by atoms with Gasteiger partial charge in [0.1, 0.15) is 0 Å². The monoisotopic (exact) mass is 432 g/mol. The number of hydrogen-bond donors (Lipinski definition) is 1. The Kier molecular flexibility index (Phi) is 8.31. The molecule has 3 atom stereocenters. The summed E-state index contributed by atoms with van der Waals surface area (Å²) in [4.78, 5) is 0. The topological polar surface area (TPSA) is 46.3 Å². The van der Waals surface area contributed by atoms with Gasteiger partial charge in [-0.15, -0.1) is 0 Å². The third-order valence-electron chi connectivity index (χ3n) is 5.94. The maximum Gasteiger partial charge on any atom is 0.0939 e. The third kappa shape index (κ3) is 5.91. The van der Waals surface area contributed by atoms with Crippen LogP contribution >= 0.6 is 11.6 Å². The predicted octanol–water partition coefficient (Wildman–Crippen LogP) is 4.88. The summed E-state index contributed by atoms with van der Waals surface area (Å²) < 4.78 is 14.0. The van der Waals surface area contributed by atoms with E-state index < -0.39 is 11.0 Å². The molecule has 158 valence electrons. The molecular formula is C24H33ClN2OS. The Morgan fingerprint density at radius 1 is 1.24 bits per heavy atom. The van der Waals surface area contributed by atoms with Crippen molar-refractivity contribution in [2.45, 2.75) is 57.4 Å². The van der Waals surface area contributed by atoms with E-state index in [-0.39, 0.29) is 6.04 Å². The lowest BCUT2D eigenvalue weighted by Crippen LogP contribution is -2.34. The van der Waals surface area contributed by atoms with Crippen LogP contribution in [0.1, 0.15) is 54.4 Å². The summed E-state index contributed by atoms with van der Waals surface area (Å²) >= 11 is 6.43. The SMILES string of the molecule is CCCS(=O)N(C)CCCc1ccc2c(c1)C(Cc1ccccc1Cl)C(N)CC2. The predicted molar refractivity (Wildman–Crippen MR) is 125 cm³/mol. The van der Waals surface area contributed by atoms with Crippen LogP contribution in [0.3, 0.4) is 0 Å². The van der Waals surface area contributed by atoms with Crippen LogP contribution in [0.25, 0.3) is 0 Å². The molecular weight excluding hydrogens is 400 g/mol. The fourth-order valence-electron chi connectivity index (χ4n) is 4.23. The van der Waals surface area contributed by atoms with Crippen LogP contribution in [0.15, 0.2) is 42.5 Å². The molecule has 3 unspecified atom stereocenters. The van der Waals surface area contributed by atoms with Crippen LogP contribution in [0.4, 0.5) is 0 Å². The zero-order valence-corrected chi connectivity index (χ0v) is 19.1. The molecule has 1 aliphatic rings. The van der Waals surface area contributed by atoms with E-state index in [1.807, 2.05) is 29.6 Å². The highest BCUT2D eigenvalue weighted by Crippen LogP contribution is 2.35. The highest BCUT2D eigenvalue weighted by atomic mass is 35.5. The van der Waals surface area contributed by atoms with E-state index in [2.05, 4.69) is 31.2 Å². The number of nitrogens with zero attached hydrogens (tertiary/aromatic N) is 1. The van der Waals surface area contributed by atoms with Gasteiger partial charge in [-0.1, -0.05) is 54.9 Å². The van der Waals surface area contributed by atoms with Gasteiger partial charge in [-0.3, -0.25) is 0 Å². The van der Waals surface area contributed by atoms with Crippen molar-refractivity contribution in [2.24, 2.45) is 5.73 Å². The molecule has 0 aliphatic heterocycles. The van der Waals surface area contributed by atoms with E-state index in [0.717, 1.165) is 55.8 Å². The van der Waals surface area contributed by atoms with Crippen molar-refractivity contribution < 1.29 is 4.21 Å². The van der Waals surface area contributed by atoms with Crippen molar-refractivity contribution in [3.8, 4) is 0 Å². The molecule has 0 saturated carbocycles. The summed E-state index contributed by atoms with van der Waals surface area (Å²) in [6, 6.07) is 15.2. The van der Waals surface area contributed by atoms with E-state index in [4.69, 9.17) is 17.3 Å². The van der Waals surface area contributed by atoms with Gasteiger partial charge in [0.2, 0.25) is 0 Å². The standard InChI is InChI=1S/C24H33ClN2OS/c1-3-15-29(28)27(2)14-6-7-18-10-11-19-12-13-24(26)22(21(19)16-18)17-20-8-4-5-9-23(20)25/h4-5,8-11,16,22,24H,3,6-7,12-15,17,26H2,1-2H3. The number of hydrogen-bond acceptors (Lipinski definition) is 2. The molecule has 0 radical (unpaired) electrons. The van der Waals surface area contributed by atoms with E-state index in [0.29, 0.717) is 5.92 Å². The van der Waals surface area contributed by atoms with Gasteiger partial charge < -0.3 is 5.73 Å². The molecule has 3 rings (SSSR count). The molecule has 1 aliphatic carbocycles. The first-order chi connectivity index (χ1) is 14.0. The lowest BCUT2D eigenvalue weighted by atomic mass is 9.76. The quantitative estimate of drug-likeness (QED) is 0.613. The molecule has 0 amide bonds. The van der Waals surface area contributed by atoms with Crippen molar-refractivity contribution in [3.63, 3.8) is 0 Å². The van der Waals surface area contributed by atoms with Crippen molar-refractivity contribution >= 4 is 22.6 Å². The normalized spacial score (nSPS) is 19.9. The summed E-state index contributed by atoms with van der Waals surface area (Å²) in [6.07, 6.45) is 5.91. The second-order valence-corrected chi connectivity index (χ2v) is 10.2. The zero-order valence-electron chi connectivity index (χ0n) is 17.6. The van der Waals surface area contributed by atoms with E-state index in [1.165, 1.54) is 22.3 Å². The van der Waals surface area contributed by atoms with Crippen LogP contribution in [0, 0.1) is 0 Å². The van der Waals surface area contributed by atoms with Crippen molar-refractivity contribution in [1.82, 2.24) is 4.31 Å². The Morgan fingerprint density at radius 2 is 2.03 bits per heavy atom. The highest BCUT2D eigenvalue weighted by Gasteiger charge is 2.28. The number of halogens is 1. The first-order valence-corrected chi connectivity index (χ1v) is 12.3. The lowest BCUT2D eigenvalue weighted by molar-refractivity contribution is 0.466. The molecule has 0 saturated heterocycles. The minimum absolute atomic E-state index is 0.164. The van der Waals surface area contributed by atoms with Crippen LogP contribution in [0.5, 0.6) is 0 Å². The van der Waals surface area contributed by atoms with Gasteiger partial charge in [0.05, 0.1) is 11.0 Å². The zero-order chi connectivity index (χ0) is 20.8. The molecule has 29 heavy (non-hydrogen) atoms. The number of fused-ring (bicyclic) bond motifs is 1. The summed E-state index contributed by atoms with van der Waals surface area (Å²) in [5, 5.41) is 0.825. The van der Waals surface area contributed by atoms with Gasteiger partial charge in [-0.05, 0) is 73.9 Å². The molecule has 5 heteroatoms. The maximum atomic E-state index is 12.1. The summed E-state index contributed by atoms with van der Waals surface area (Å²) in [7, 11) is 1.10. The lowest BCUT2D eigenvalue weighted by Gasteiger charge is -2.32. The molecule has 0 heterocycles.